The molecule has 0 aliphatic heterocycles. The van der Waals surface area contributed by atoms with Gasteiger partial charge in [-0.05, 0) is 56.8 Å². The van der Waals surface area contributed by atoms with Crippen LogP contribution in [0.4, 0.5) is 4.79 Å². The fourth-order valence-electron chi connectivity index (χ4n) is 3.02. The molecule has 1 aromatic rings. The summed E-state index contributed by atoms with van der Waals surface area (Å²) in [6, 6.07) is 8.06. The van der Waals surface area contributed by atoms with Gasteiger partial charge < -0.3 is 14.8 Å². The van der Waals surface area contributed by atoms with Crippen LogP contribution in [0.25, 0.3) is 0 Å². The molecule has 5 nitrogen and oxygen atoms in total. The van der Waals surface area contributed by atoms with E-state index in [-0.39, 0.29) is 18.7 Å². The van der Waals surface area contributed by atoms with Crippen molar-refractivity contribution in [2.45, 2.75) is 44.7 Å². The first-order chi connectivity index (χ1) is 13.2. The summed E-state index contributed by atoms with van der Waals surface area (Å²) in [7, 11) is 1.99. The van der Waals surface area contributed by atoms with Crippen LogP contribution >= 0.6 is 0 Å². The van der Waals surface area contributed by atoms with Crippen molar-refractivity contribution in [3.8, 4) is 18.1 Å². The summed E-state index contributed by atoms with van der Waals surface area (Å²) in [5.41, 5.74) is 1.17. The number of nitrogens with one attached hydrogen (secondary N) is 1. The second-order valence-corrected chi connectivity index (χ2v) is 6.83. The van der Waals surface area contributed by atoms with Gasteiger partial charge in [0, 0.05) is 12.6 Å². The Balaban J connectivity index is 1.62. The summed E-state index contributed by atoms with van der Waals surface area (Å²) in [6.07, 6.45) is 14.5. The molecule has 1 N–H and O–H groups in total. The minimum Gasteiger partial charge on any atom is -0.490 e. The van der Waals surface area contributed by atoms with Crippen molar-refractivity contribution in [3.63, 3.8) is 0 Å². The molecule has 2 rings (SSSR count). The quantitative estimate of drug-likeness (QED) is 0.430. The van der Waals surface area contributed by atoms with Crippen LogP contribution < -0.4 is 10.1 Å². The average molecular weight is 370 g/mol. The highest BCUT2D eigenvalue weighted by molar-refractivity contribution is 5.67. The van der Waals surface area contributed by atoms with E-state index in [0.29, 0.717) is 13.2 Å². The molecule has 1 atom stereocenters. The molecule has 1 aliphatic carbocycles. The normalized spacial score (nSPS) is 18.0. The number of benzene rings is 1. The molecule has 1 amide bonds. The zero-order valence-electron chi connectivity index (χ0n) is 16.2. The Hall–Kier alpha value is -2.45. The van der Waals surface area contributed by atoms with E-state index in [1.807, 2.05) is 31.3 Å². The fourth-order valence-corrected chi connectivity index (χ4v) is 3.02. The number of hydrogen-bond acceptors (Lipinski definition) is 4. The van der Waals surface area contributed by atoms with Crippen molar-refractivity contribution in [1.82, 2.24) is 10.2 Å². The van der Waals surface area contributed by atoms with E-state index in [9.17, 15) is 4.79 Å². The van der Waals surface area contributed by atoms with Crippen LogP contribution in [0.5, 0.6) is 5.75 Å². The fraction of sp³-hybridized carbons (Fsp3) is 0.500. The van der Waals surface area contributed by atoms with Gasteiger partial charge in [0.2, 0.25) is 0 Å². The Morgan fingerprint density at radius 2 is 2.00 bits per heavy atom. The van der Waals surface area contributed by atoms with Crippen molar-refractivity contribution >= 4 is 6.09 Å². The third-order valence-corrected chi connectivity index (χ3v) is 4.42. The van der Waals surface area contributed by atoms with E-state index in [1.54, 1.807) is 0 Å². The van der Waals surface area contributed by atoms with E-state index < -0.39 is 0 Å². The smallest absolute Gasteiger partial charge is 0.407 e. The minimum absolute atomic E-state index is 0.198. The molecular formula is C22H30N2O3. The third kappa shape index (κ3) is 8.65. The van der Waals surface area contributed by atoms with E-state index in [0.717, 1.165) is 44.4 Å². The van der Waals surface area contributed by atoms with Gasteiger partial charge >= 0.3 is 6.09 Å². The summed E-state index contributed by atoms with van der Waals surface area (Å²) in [5, 5.41) is 2.95. The maximum Gasteiger partial charge on any atom is 0.407 e. The SMILES string of the molecule is C#CCN(C)Cc1ccc(OCCOC(=O)NC2CC/C=C/CCC2)cc1. The summed E-state index contributed by atoms with van der Waals surface area (Å²) >= 11 is 0. The summed E-state index contributed by atoms with van der Waals surface area (Å²) in [6.45, 7) is 1.97. The number of carbonyl (C=O) groups is 1. The number of rotatable bonds is 8. The molecule has 1 aliphatic rings. The van der Waals surface area contributed by atoms with Gasteiger partial charge in [0.15, 0.2) is 0 Å². The molecular weight excluding hydrogens is 340 g/mol. The third-order valence-electron chi connectivity index (χ3n) is 4.42. The molecule has 0 bridgehead atoms. The molecule has 0 fully saturated rings. The molecule has 0 radical (unpaired) electrons. The van der Waals surface area contributed by atoms with E-state index in [2.05, 4.69) is 28.3 Å². The lowest BCUT2D eigenvalue weighted by Gasteiger charge is -2.19. The van der Waals surface area contributed by atoms with E-state index in [4.69, 9.17) is 15.9 Å². The molecule has 0 spiro atoms. The zero-order valence-corrected chi connectivity index (χ0v) is 16.2. The lowest BCUT2D eigenvalue weighted by Crippen LogP contribution is -2.36. The number of amides is 1. The largest absolute Gasteiger partial charge is 0.490 e. The van der Waals surface area contributed by atoms with Gasteiger partial charge in [0.25, 0.3) is 0 Å². The van der Waals surface area contributed by atoms with Gasteiger partial charge in [-0.1, -0.05) is 30.2 Å². The standard InChI is InChI=1S/C22H30N2O3/c1-3-15-24(2)18-19-11-13-21(14-12-19)26-16-17-27-22(25)23-20-9-7-5-4-6-8-10-20/h1,4-5,11-14,20H,6-10,15-18H2,2H3,(H,23,25)/b5-4+. The summed E-state index contributed by atoms with van der Waals surface area (Å²) < 4.78 is 10.9. The van der Waals surface area contributed by atoms with Gasteiger partial charge in [-0.3, -0.25) is 4.90 Å². The van der Waals surface area contributed by atoms with Gasteiger partial charge in [-0.15, -0.1) is 6.42 Å². The Labute approximate surface area is 162 Å². The van der Waals surface area contributed by atoms with Gasteiger partial charge in [-0.25, -0.2) is 4.79 Å². The zero-order chi connectivity index (χ0) is 19.3. The maximum absolute atomic E-state index is 11.9. The van der Waals surface area contributed by atoms with Gasteiger partial charge in [0.1, 0.15) is 19.0 Å². The number of nitrogens with zero attached hydrogens (tertiary/aromatic N) is 1. The van der Waals surface area contributed by atoms with Crippen molar-refractivity contribution < 1.29 is 14.3 Å². The molecule has 0 aromatic heterocycles. The van der Waals surface area contributed by atoms with Crippen LogP contribution in [0.3, 0.4) is 0 Å². The molecule has 0 saturated carbocycles. The van der Waals surface area contributed by atoms with Gasteiger partial charge in [0.05, 0.1) is 6.54 Å². The van der Waals surface area contributed by atoms with E-state index >= 15 is 0 Å². The summed E-state index contributed by atoms with van der Waals surface area (Å²) in [5.74, 6) is 3.38. The number of alkyl carbamates (subject to hydrolysis) is 1. The van der Waals surface area contributed by atoms with Crippen LogP contribution in [0.15, 0.2) is 36.4 Å². The van der Waals surface area contributed by atoms with Crippen LogP contribution in [-0.2, 0) is 11.3 Å². The van der Waals surface area contributed by atoms with Crippen LogP contribution in [0.2, 0.25) is 0 Å². The Morgan fingerprint density at radius 1 is 1.22 bits per heavy atom. The molecule has 5 heteroatoms. The van der Waals surface area contributed by atoms with E-state index in [1.165, 1.54) is 5.56 Å². The second-order valence-electron chi connectivity index (χ2n) is 6.83. The lowest BCUT2D eigenvalue weighted by molar-refractivity contribution is 0.121. The number of ether oxygens (including phenoxy) is 2. The molecule has 1 aromatic carbocycles. The van der Waals surface area contributed by atoms with Crippen molar-refractivity contribution in [3.05, 3.63) is 42.0 Å². The molecule has 0 saturated heterocycles. The topological polar surface area (TPSA) is 50.8 Å². The van der Waals surface area contributed by atoms with Crippen LogP contribution in [0, 0.1) is 12.3 Å². The number of terminal acetylenes is 1. The van der Waals surface area contributed by atoms with Crippen LogP contribution in [0.1, 0.15) is 37.7 Å². The number of allylic oxidation sites excluding steroid dienone is 2. The van der Waals surface area contributed by atoms with Crippen molar-refractivity contribution in [2.24, 2.45) is 0 Å². The molecule has 1 unspecified atom stereocenters. The van der Waals surface area contributed by atoms with Crippen LogP contribution in [-0.4, -0.2) is 43.8 Å². The summed E-state index contributed by atoms with van der Waals surface area (Å²) in [4.78, 5) is 14.0. The first-order valence-corrected chi connectivity index (χ1v) is 9.59. The number of hydrogen-bond donors (Lipinski definition) is 1. The first-order valence-electron chi connectivity index (χ1n) is 9.59. The predicted octanol–water partition coefficient (Wildman–Crippen LogP) is 3.75. The average Bonchev–Trinajstić information content (AvgIpc) is 2.62. The second kappa shape index (κ2) is 12.0. The highest BCUT2D eigenvalue weighted by Gasteiger charge is 2.13. The molecule has 0 heterocycles. The maximum atomic E-state index is 11.9. The Bertz CT molecular complexity index is 634. The lowest BCUT2D eigenvalue weighted by atomic mass is 10.0. The highest BCUT2D eigenvalue weighted by Crippen LogP contribution is 2.14. The Kier molecular flexibility index (Phi) is 9.29. The number of carbonyl (C=O) groups excluding carboxylic acids is 1. The molecule has 146 valence electrons. The predicted molar refractivity (Wildman–Crippen MR) is 108 cm³/mol. The first kappa shape index (κ1) is 20.9. The monoisotopic (exact) mass is 370 g/mol. The molecule has 27 heavy (non-hydrogen) atoms. The van der Waals surface area contributed by atoms with Crippen molar-refractivity contribution in [2.75, 3.05) is 26.8 Å². The minimum atomic E-state index is -0.361. The van der Waals surface area contributed by atoms with Crippen molar-refractivity contribution in [1.29, 1.82) is 0 Å². The van der Waals surface area contributed by atoms with Gasteiger partial charge in [-0.2, -0.15) is 0 Å². The Morgan fingerprint density at radius 3 is 2.78 bits per heavy atom. The highest BCUT2D eigenvalue weighted by atomic mass is 16.6.